The van der Waals surface area contributed by atoms with E-state index in [0.717, 1.165) is 10.5 Å². The number of nitrogens with zero attached hydrogens (tertiary/aromatic N) is 1. The van der Waals surface area contributed by atoms with E-state index in [4.69, 9.17) is 4.84 Å². The molecule has 0 unspecified atom stereocenters. The zero-order chi connectivity index (χ0) is 14.7. The van der Waals surface area contributed by atoms with Gasteiger partial charge in [-0.15, -0.1) is 17.9 Å². The zero-order valence-corrected chi connectivity index (χ0v) is 11.3. The average molecular weight is 298 g/mol. The van der Waals surface area contributed by atoms with Gasteiger partial charge in [0.1, 0.15) is 0 Å². The average Bonchev–Trinajstić information content (AvgIpc) is 2.86. The first-order chi connectivity index (χ1) is 9.56. The number of amides is 1. The minimum Gasteiger partial charge on any atom is -0.479 e. The van der Waals surface area contributed by atoms with E-state index in [1.165, 1.54) is 11.3 Å². The molecule has 1 aliphatic heterocycles. The fourth-order valence-electron chi connectivity index (χ4n) is 2.13. The Balaban J connectivity index is 2.30. The summed E-state index contributed by atoms with van der Waals surface area (Å²) in [5.41, 5.74) is 3.50. The van der Waals surface area contributed by atoms with Crippen molar-refractivity contribution in [3.63, 3.8) is 0 Å². The van der Waals surface area contributed by atoms with Gasteiger partial charge in [-0.2, -0.15) is 5.48 Å². The highest BCUT2D eigenvalue weighted by Crippen LogP contribution is 2.38. The third-order valence-electron chi connectivity index (χ3n) is 2.95. The van der Waals surface area contributed by atoms with Crippen LogP contribution in [0, 0.1) is 0 Å². The fraction of sp³-hybridized carbons (Fsp3) is 0.333. The molecule has 3 N–H and O–H groups in total. The van der Waals surface area contributed by atoms with Crippen molar-refractivity contribution in [3.8, 4) is 0 Å². The van der Waals surface area contributed by atoms with Gasteiger partial charge in [-0.05, 0) is 17.0 Å². The van der Waals surface area contributed by atoms with E-state index in [9.17, 15) is 19.8 Å². The molecule has 1 aliphatic rings. The minimum absolute atomic E-state index is 0.00712. The van der Waals surface area contributed by atoms with Crippen LogP contribution in [0.3, 0.4) is 0 Å². The zero-order valence-electron chi connectivity index (χ0n) is 10.5. The van der Waals surface area contributed by atoms with Crippen LogP contribution < -0.4 is 5.48 Å². The van der Waals surface area contributed by atoms with Gasteiger partial charge in [0.15, 0.2) is 6.04 Å². The number of carboxylic acids is 1. The lowest BCUT2D eigenvalue weighted by molar-refractivity contribution is -0.143. The summed E-state index contributed by atoms with van der Waals surface area (Å²) in [6, 6.07) is 0.215. The van der Waals surface area contributed by atoms with Crippen LogP contribution in [0.1, 0.15) is 22.5 Å². The Labute approximate surface area is 119 Å². The molecule has 0 radical (unpaired) electrons. The molecule has 2 atom stereocenters. The van der Waals surface area contributed by atoms with E-state index in [2.05, 4.69) is 12.1 Å². The van der Waals surface area contributed by atoms with Gasteiger partial charge in [0.25, 0.3) is 0 Å². The molecule has 0 saturated carbocycles. The van der Waals surface area contributed by atoms with Crippen LogP contribution in [0.4, 0.5) is 4.79 Å². The van der Waals surface area contributed by atoms with Crippen molar-refractivity contribution in [1.29, 1.82) is 0 Å². The summed E-state index contributed by atoms with van der Waals surface area (Å²) < 4.78 is 0. The number of aliphatic carboxylic acids is 1. The van der Waals surface area contributed by atoms with Gasteiger partial charge in [0.05, 0.1) is 12.6 Å². The molecule has 7 nitrogen and oxygen atoms in total. The summed E-state index contributed by atoms with van der Waals surface area (Å²) >= 11 is 1.22. The third kappa shape index (κ3) is 2.67. The molecule has 1 aromatic rings. The molecule has 1 aromatic heterocycles. The van der Waals surface area contributed by atoms with Gasteiger partial charge in [-0.1, -0.05) is 6.08 Å². The van der Waals surface area contributed by atoms with Crippen molar-refractivity contribution >= 4 is 23.4 Å². The largest absolute Gasteiger partial charge is 0.479 e. The Kier molecular flexibility index (Phi) is 4.38. The van der Waals surface area contributed by atoms with Gasteiger partial charge in [0.2, 0.25) is 0 Å². The number of fused-ring (bicyclic) bond motifs is 1. The topological polar surface area (TPSA) is 99.1 Å². The molecule has 0 aromatic carbocycles. The van der Waals surface area contributed by atoms with Crippen molar-refractivity contribution in [2.75, 3.05) is 13.2 Å². The van der Waals surface area contributed by atoms with Gasteiger partial charge in [-0.3, -0.25) is 9.74 Å². The highest BCUT2D eigenvalue weighted by atomic mass is 32.1. The Morgan fingerprint density at radius 3 is 2.95 bits per heavy atom. The van der Waals surface area contributed by atoms with Gasteiger partial charge in [0, 0.05) is 11.4 Å². The predicted octanol–water partition coefficient (Wildman–Crippen LogP) is 1.62. The lowest BCUT2D eigenvalue weighted by Gasteiger charge is -2.35. The molecule has 0 fully saturated rings. The van der Waals surface area contributed by atoms with Crippen molar-refractivity contribution in [3.05, 3.63) is 34.5 Å². The predicted molar refractivity (Wildman–Crippen MR) is 71.5 cm³/mol. The van der Waals surface area contributed by atoms with Crippen molar-refractivity contribution in [2.24, 2.45) is 0 Å². The maximum Gasteiger partial charge on any atom is 0.408 e. The standard InChI is InChI=1S/C12H14N2O5S/c1-2-4-19-13-8-6-14(12(17)18)9(11(15)16)10-7(8)3-5-20-10/h2-3,5,8-9,13H,1,4,6H2,(H,15,16)(H,17,18)/t8-,9+/m0/s1. The molecule has 1 amide bonds. The van der Waals surface area contributed by atoms with Crippen LogP contribution in [-0.2, 0) is 9.63 Å². The second-order valence-electron chi connectivity index (χ2n) is 4.19. The minimum atomic E-state index is -1.27. The fourth-order valence-corrected chi connectivity index (χ4v) is 3.19. The maximum absolute atomic E-state index is 11.3. The molecule has 2 heterocycles. The summed E-state index contributed by atoms with van der Waals surface area (Å²) in [5.74, 6) is -1.18. The number of hydrogen-bond acceptors (Lipinski definition) is 5. The number of hydrogen-bond donors (Lipinski definition) is 3. The maximum atomic E-state index is 11.3. The van der Waals surface area contributed by atoms with Crippen molar-refractivity contribution in [2.45, 2.75) is 12.1 Å². The van der Waals surface area contributed by atoms with Gasteiger partial charge in [-0.25, -0.2) is 9.59 Å². The SMILES string of the molecule is C=CCON[C@H]1CN(C(=O)O)[C@@H](C(=O)O)c2sccc21. The highest BCUT2D eigenvalue weighted by molar-refractivity contribution is 7.10. The number of hydroxylamine groups is 1. The van der Waals surface area contributed by atoms with Crippen LogP contribution in [0.15, 0.2) is 24.1 Å². The van der Waals surface area contributed by atoms with Crippen LogP contribution >= 0.6 is 11.3 Å². The third-order valence-corrected chi connectivity index (χ3v) is 3.93. The first kappa shape index (κ1) is 14.5. The molecule has 0 spiro atoms. The smallest absolute Gasteiger partial charge is 0.408 e. The van der Waals surface area contributed by atoms with Crippen molar-refractivity contribution in [1.82, 2.24) is 10.4 Å². The number of carboxylic acid groups (broad SMARTS) is 2. The van der Waals surface area contributed by atoms with E-state index in [1.54, 1.807) is 17.5 Å². The molecule has 2 rings (SSSR count). The lowest BCUT2D eigenvalue weighted by atomic mass is 9.98. The monoisotopic (exact) mass is 298 g/mol. The molecular weight excluding hydrogens is 284 g/mol. The number of nitrogens with one attached hydrogen (secondary N) is 1. The number of thiophene rings is 1. The molecule has 0 bridgehead atoms. The Bertz CT molecular complexity index is 530. The van der Waals surface area contributed by atoms with E-state index >= 15 is 0 Å². The first-order valence-electron chi connectivity index (χ1n) is 5.84. The molecular formula is C12H14N2O5S. The van der Waals surface area contributed by atoms with E-state index in [1.807, 2.05) is 0 Å². The van der Waals surface area contributed by atoms with Crippen LogP contribution in [0.25, 0.3) is 0 Å². The molecule has 8 heteroatoms. The van der Waals surface area contributed by atoms with E-state index in [-0.39, 0.29) is 13.2 Å². The summed E-state index contributed by atoms with van der Waals surface area (Å²) in [5, 5.41) is 20.2. The molecule has 0 aliphatic carbocycles. The van der Waals surface area contributed by atoms with Crippen molar-refractivity contribution < 1.29 is 24.6 Å². The van der Waals surface area contributed by atoms with Gasteiger partial charge >= 0.3 is 12.1 Å². The van der Waals surface area contributed by atoms with Crippen LogP contribution in [0.5, 0.6) is 0 Å². The number of carbonyl (C=O) groups is 2. The summed E-state index contributed by atoms with van der Waals surface area (Å²) in [4.78, 5) is 29.1. The van der Waals surface area contributed by atoms with Crippen LogP contribution in [0.2, 0.25) is 0 Å². The van der Waals surface area contributed by atoms with E-state index < -0.39 is 24.1 Å². The lowest BCUT2D eigenvalue weighted by Crippen LogP contribution is -2.47. The van der Waals surface area contributed by atoms with E-state index in [0.29, 0.717) is 4.88 Å². The Hall–Kier alpha value is -1.90. The second-order valence-corrected chi connectivity index (χ2v) is 5.13. The quantitative estimate of drug-likeness (QED) is 0.434. The normalized spacial score (nSPS) is 21.3. The Morgan fingerprint density at radius 2 is 2.35 bits per heavy atom. The summed E-state index contributed by atoms with van der Waals surface area (Å²) in [6.45, 7) is 3.79. The Morgan fingerprint density at radius 1 is 1.60 bits per heavy atom. The molecule has 0 saturated heterocycles. The highest BCUT2D eigenvalue weighted by Gasteiger charge is 2.41. The van der Waals surface area contributed by atoms with Gasteiger partial charge < -0.3 is 10.2 Å². The van der Waals surface area contributed by atoms with Crippen LogP contribution in [-0.4, -0.2) is 40.3 Å². The number of rotatable bonds is 5. The first-order valence-corrected chi connectivity index (χ1v) is 6.72. The molecule has 20 heavy (non-hydrogen) atoms. The summed E-state index contributed by atoms with van der Waals surface area (Å²) in [7, 11) is 0. The molecule has 108 valence electrons. The summed E-state index contributed by atoms with van der Waals surface area (Å²) in [6.07, 6.45) is 0.284. The second kappa shape index (κ2) is 6.04.